The molecular weight excluding hydrogens is 378 g/mol. The Balaban J connectivity index is 1.65. The molecule has 1 unspecified atom stereocenters. The molecule has 0 bridgehead atoms. The van der Waals surface area contributed by atoms with Crippen molar-refractivity contribution in [2.75, 3.05) is 5.01 Å². The van der Waals surface area contributed by atoms with Crippen LogP contribution in [0.3, 0.4) is 0 Å². The first-order valence-corrected chi connectivity index (χ1v) is 9.27. The lowest BCUT2D eigenvalue weighted by atomic mass is 10.3. The molecule has 1 atom stereocenters. The van der Waals surface area contributed by atoms with Gasteiger partial charge in [0, 0.05) is 6.92 Å². The monoisotopic (exact) mass is 393 g/mol. The molecule has 10 heteroatoms. The summed E-state index contributed by atoms with van der Waals surface area (Å²) >= 11 is 1.13. The average molecular weight is 393 g/mol. The first-order valence-electron chi connectivity index (χ1n) is 8.39. The van der Waals surface area contributed by atoms with Gasteiger partial charge in [-0.2, -0.15) is 9.69 Å². The lowest BCUT2D eigenvalue weighted by molar-refractivity contribution is -0.117. The fraction of sp³-hybridized carbons (Fsp3) is 0.111. The molecule has 4 rings (SSSR count). The van der Waals surface area contributed by atoms with Crippen LogP contribution in [-0.4, -0.2) is 43.1 Å². The van der Waals surface area contributed by atoms with Gasteiger partial charge in [0.2, 0.25) is 11.1 Å². The first-order chi connectivity index (χ1) is 13.6. The molecule has 0 fully saturated rings. The zero-order chi connectivity index (χ0) is 19.5. The molecule has 0 spiro atoms. The van der Waals surface area contributed by atoms with Crippen molar-refractivity contribution >= 4 is 35.1 Å². The van der Waals surface area contributed by atoms with Crippen molar-refractivity contribution in [2.24, 2.45) is 5.10 Å². The van der Waals surface area contributed by atoms with Gasteiger partial charge in [-0.1, -0.05) is 48.2 Å². The summed E-state index contributed by atoms with van der Waals surface area (Å²) in [6.45, 7) is 1.37. The van der Waals surface area contributed by atoms with Gasteiger partial charge in [-0.25, -0.2) is 0 Å². The second-order valence-corrected chi connectivity index (χ2v) is 6.93. The molecule has 28 heavy (non-hydrogen) atoms. The molecule has 0 saturated heterocycles. The second kappa shape index (κ2) is 7.61. The normalized spacial score (nSPS) is 16.2. The van der Waals surface area contributed by atoms with Crippen LogP contribution in [0.1, 0.15) is 6.92 Å². The van der Waals surface area contributed by atoms with Crippen molar-refractivity contribution in [1.82, 2.24) is 25.5 Å². The predicted octanol–water partition coefficient (Wildman–Crippen LogP) is 1.62. The molecule has 0 aliphatic carbocycles. The highest BCUT2D eigenvalue weighted by Crippen LogP contribution is 2.30. The fourth-order valence-electron chi connectivity index (χ4n) is 2.66. The fourth-order valence-corrected chi connectivity index (χ4v) is 3.61. The van der Waals surface area contributed by atoms with Crippen LogP contribution in [0.15, 0.2) is 70.9 Å². The van der Waals surface area contributed by atoms with Crippen LogP contribution in [0.2, 0.25) is 0 Å². The molecule has 140 valence electrons. The number of amides is 2. The van der Waals surface area contributed by atoms with Crippen LogP contribution in [0.5, 0.6) is 0 Å². The number of tetrazole rings is 1. The van der Waals surface area contributed by atoms with Gasteiger partial charge in [0.05, 0.1) is 11.4 Å². The van der Waals surface area contributed by atoms with Crippen molar-refractivity contribution in [2.45, 2.75) is 17.3 Å². The van der Waals surface area contributed by atoms with Gasteiger partial charge in [-0.15, -0.1) is 10.2 Å². The van der Waals surface area contributed by atoms with Crippen LogP contribution in [-0.2, 0) is 9.59 Å². The molecule has 0 radical (unpaired) electrons. The van der Waals surface area contributed by atoms with Crippen molar-refractivity contribution in [1.29, 1.82) is 0 Å². The summed E-state index contributed by atoms with van der Waals surface area (Å²) in [6.07, 6.45) is 0. The predicted molar refractivity (Wildman–Crippen MR) is 104 cm³/mol. The minimum atomic E-state index is -0.780. The third-order valence-electron chi connectivity index (χ3n) is 3.86. The molecule has 9 nitrogen and oxygen atoms in total. The summed E-state index contributed by atoms with van der Waals surface area (Å²) in [5.41, 5.74) is 1.37. The van der Waals surface area contributed by atoms with E-state index in [1.54, 1.807) is 12.1 Å². The number of anilines is 1. The Bertz CT molecular complexity index is 1040. The highest BCUT2D eigenvalue weighted by Gasteiger charge is 2.39. The Kier molecular flexibility index (Phi) is 4.85. The smallest absolute Gasteiger partial charge is 0.268 e. The van der Waals surface area contributed by atoms with Crippen LogP contribution in [0, 0.1) is 0 Å². The number of nitrogens with zero attached hydrogens (tertiary/aromatic N) is 6. The number of hydrazone groups is 1. The summed E-state index contributed by atoms with van der Waals surface area (Å²) in [7, 11) is 0. The highest BCUT2D eigenvalue weighted by atomic mass is 32.2. The van der Waals surface area contributed by atoms with Gasteiger partial charge in [0.15, 0.2) is 11.1 Å². The van der Waals surface area contributed by atoms with E-state index in [1.807, 2.05) is 48.5 Å². The van der Waals surface area contributed by atoms with E-state index in [4.69, 9.17) is 0 Å². The molecule has 1 N–H and O–H groups in total. The number of hydrogen-bond acceptors (Lipinski definition) is 7. The number of amidine groups is 1. The maximum Gasteiger partial charge on any atom is 0.268 e. The number of aromatic nitrogens is 4. The SMILES string of the molecule is CC(=O)NC1=NN(c2ccccc2)C(=O)C1Sc1nnnn1-c1ccccc1. The number of nitrogens with one attached hydrogen (secondary N) is 1. The third kappa shape index (κ3) is 3.49. The van der Waals surface area contributed by atoms with E-state index in [1.165, 1.54) is 16.6 Å². The standard InChI is InChI=1S/C18H15N7O2S/c1-12(26)19-16-15(17(27)24(21-16)13-8-4-2-5-9-13)28-18-20-22-23-25(18)14-10-6-3-7-11-14/h2-11,15H,1H3,(H,19,21,26). The number of thioether (sulfide) groups is 1. The summed E-state index contributed by atoms with van der Waals surface area (Å²) in [5, 5.41) is 19.6. The summed E-state index contributed by atoms with van der Waals surface area (Å²) in [5.74, 6) is -0.355. The van der Waals surface area contributed by atoms with Crippen LogP contribution in [0.25, 0.3) is 5.69 Å². The van der Waals surface area contributed by atoms with Crippen LogP contribution < -0.4 is 10.3 Å². The molecule has 2 heterocycles. The maximum absolute atomic E-state index is 13.0. The van der Waals surface area contributed by atoms with Crippen LogP contribution in [0.4, 0.5) is 5.69 Å². The Morgan fingerprint density at radius 2 is 1.68 bits per heavy atom. The van der Waals surface area contributed by atoms with Crippen LogP contribution >= 0.6 is 11.8 Å². The van der Waals surface area contributed by atoms with Gasteiger partial charge in [-0.3, -0.25) is 9.59 Å². The van der Waals surface area contributed by atoms with E-state index in [0.717, 1.165) is 17.4 Å². The molecule has 0 saturated carbocycles. The number of benzene rings is 2. The van der Waals surface area contributed by atoms with Crippen molar-refractivity contribution < 1.29 is 9.59 Å². The van der Waals surface area contributed by atoms with Crippen molar-refractivity contribution in [3.63, 3.8) is 0 Å². The highest BCUT2D eigenvalue weighted by molar-refractivity contribution is 8.01. The molecule has 1 aromatic heterocycles. The number of carbonyl (C=O) groups excluding carboxylic acids is 2. The number of para-hydroxylation sites is 2. The minimum Gasteiger partial charge on any atom is -0.312 e. The van der Waals surface area contributed by atoms with Crippen molar-refractivity contribution in [3.05, 3.63) is 60.7 Å². The Labute approximate surface area is 164 Å². The second-order valence-electron chi connectivity index (χ2n) is 5.86. The van der Waals surface area contributed by atoms with Gasteiger partial charge in [0.25, 0.3) is 5.91 Å². The quantitative estimate of drug-likeness (QED) is 0.722. The third-order valence-corrected chi connectivity index (χ3v) is 4.98. The first kappa shape index (κ1) is 17.9. The molecule has 2 amide bonds. The van der Waals surface area contributed by atoms with E-state index in [-0.39, 0.29) is 17.6 Å². The average Bonchev–Trinajstić information content (AvgIpc) is 3.29. The number of carbonyl (C=O) groups is 2. The summed E-state index contributed by atoms with van der Waals surface area (Å²) in [6, 6.07) is 18.4. The topological polar surface area (TPSA) is 105 Å². The minimum absolute atomic E-state index is 0.244. The molecule has 2 aromatic carbocycles. The molecular formula is C18H15N7O2S. The Morgan fingerprint density at radius 3 is 2.32 bits per heavy atom. The Morgan fingerprint density at radius 1 is 1.04 bits per heavy atom. The number of rotatable bonds is 4. The van der Waals surface area contributed by atoms with E-state index in [0.29, 0.717) is 10.8 Å². The van der Waals surface area contributed by atoms with Gasteiger partial charge in [-0.05, 0) is 34.7 Å². The molecule has 1 aliphatic heterocycles. The van der Waals surface area contributed by atoms with E-state index in [2.05, 4.69) is 25.9 Å². The zero-order valence-electron chi connectivity index (χ0n) is 14.8. The Hall–Kier alpha value is -3.53. The van der Waals surface area contributed by atoms with E-state index >= 15 is 0 Å². The lowest BCUT2D eigenvalue weighted by Gasteiger charge is -2.13. The lowest BCUT2D eigenvalue weighted by Crippen LogP contribution is -2.38. The molecule has 3 aromatic rings. The van der Waals surface area contributed by atoms with Gasteiger partial charge < -0.3 is 5.32 Å². The zero-order valence-corrected chi connectivity index (χ0v) is 15.6. The van der Waals surface area contributed by atoms with Crippen molar-refractivity contribution in [3.8, 4) is 5.69 Å². The summed E-state index contributed by atoms with van der Waals surface area (Å²) in [4.78, 5) is 24.6. The maximum atomic E-state index is 13.0. The largest absolute Gasteiger partial charge is 0.312 e. The van der Waals surface area contributed by atoms with Gasteiger partial charge >= 0.3 is 0 Å². The van der Waals surface area contributed by atoms with E-state index < -0.39 is 5.25 Å². The van der Waals surface area contributed by atoms with E-state index in [9.17, 15) is 9.59 Å². The van der Waals surface area contributed by atoms with Gasteiger partial charge in [0.1, 0.15) is 0 Å². The summed E-state index contributed by atoms with van der Waals surface area (Å²) < 4.78 is 1.54. The number of hydrogen-bond donors (Lipinski definition) is 1. The molecule has 1 aliphatic rings.